The summed E-state index contributed by atoms with van der Waals surface area (Å²) < 4.78 is 0. The van der Waals surface area contributed by atoms with Crippen LogP contribution in [0, 0.1) is 20.8 Å². The number of anilines is 1. The Morgan fingerprint density at radius 3 is 2.38 bits per heavy atom. The highest BCUT2D eigenvalue weighted by atomic mass is 35.5. The van der Waals surface area contributed by atoms with Gasteiger partial charge in [0.1, 0.15) is 0 Å². The van der Waals surface area contributed by atoms with E-state index in [4.69, 9.17) is 11.6 Å². The number of benzene rings is 3. The van der Waals surface area contributed by atoms with E-state index in [2.05, 4.69) is 43.2 Å². The third kappa shape index (κ3) is 5.41. The molecule has 0 aliphatic heterocycles. The lowest BCUT2D eigenvalue weighted by Crippen LogP contribution is -2.11. The lowest BCUT2D eigenvalue weighted by atomic mass is 9.99. The highest BCUT2D eigenvalue weighted by Gasteiger charge is 2.12. The number of halogens is 1. The molecule has 0 unspecified atom stereocenters. The maximum Gasteiger partial charge on any atom is 0.257 e. The summed E-state index contributed by atoms with van der Waals surface area (Å²) >= 11 is 9.11. The van der Waals surface area contributed by atoms with E-state index in [0.29, 0.717) is 10.7 Å². The van der Waals surface area contributed by atoms with Gasteiger partial charge in [-0.15, -0.1) is 23.1 Å². The van der Waals surface area contributed by atoms with Crippen LogP contribution in [-0.4, -0.2) is 10.9 Å². The van der Waals surface area contributed by atoms with Crippen LogP contribution in [0.3, 0.4) is 0 Å². The summed E-state index contributed by atoms with van der Waals surface area (Å²) in [6.07, 6.45) is 0. The summed E-state index contributed by atoms with van der Waals surface area (Å²) in [5.41, 5.74) is 7.45. The van der Waals surface area contributed by atoms with Gasteiger partial charge in [0.05, 0.1) is 5.69 Å². The van der Waals surface area contributed by atoms with E-state index in [1.807, 2.05) is 53.9 Å². The minimum Gasteiger partial charge on any atom is -0.298 e. The summed E-state index contributed by atoms with van der Waals surface area (Å²) in [7, 11) is 0. The van der Waals surface area contributed by atoms with Crippen molar-refractivity contribution in [2.75, 3.05) is 5.32 Å². The van der Waals surface area contributed by atoms with Gasteiger partial charge in [0.15, 0.2) is 5.13 Å². The third-order valence-electron chi connectivity index (χ3n) is 5.28. The average molecular weight is 479 g/mol. The lowest BCUT2D eigenvalue weighted by Gasteiger charge is -2.07. The number of hydrogen-bond acceptors (Lipinski definition) is 4. The van der Waals surface area contributed by atoms with Crippen molar-refractivity contribution in [2.45, 2.75) is 31.4 Å². The summed E-state index contributed by atoms with van der Waals surface area (Å²) in [6, 6.07) is 19.8. The number of amides is 1. The van der Waals surface area contributed by atoms with E-state index >= 15 is 0 Å². The van der Waals surface area contributed by atoms with E-state index < -0.39 is 0 Å². The van der Waals surface area contributed by atoms with Crippen molar-refractivity contribution in [3.63, 3.8) is 0 Å². The van der Waals surface area contributed by atoms with Crippen molar-refractivity contribution in [1.29, 1.82) is 0 Å². The van der Waals surface area contributed by atoms with Crippen LogP contribution in [0.4, 0.5) is 5.13 Å². The molecule has 0 bridgehead atoms. The molecule has 4 aromatic rings. The zero-order chi connectivity index (χ0) is 22.7. The molecule has 0 aliphatic carbocycles. The minimum atomic E-state index is -0.153. The highest BCUT2D eigenvalue weighted by molar-refractivity contribution is 7.98. The Balaban J connectivity index is 1.39. The number of rotatable bonds is 6. The predicted molar refractivity (Wildman–Crippen MR) is 137 cm³/mol. The third-order valence-corrected chi connectivity index (χ3v) is 7.37. The maximum absolute atomic E-state index is 12.7. The Morgan fingerprint density at radius 1 is 0.969 bits per heavy atom. The molecule has 0 saturated heterocycles. The van der Waals surface area contributed by atoms with E-state index in [-0.39, 0.29) is 5.91 Å². The molecule has 3 aromatic carbocycles. The molecular formula is C26H23ClN2OS2. The first-order valence-electron chi connectivity index (χ1n) is 10.2. The van der Waals surface area contributed by atoms with Crippen LogP contribution < -0.4 is 5.32 Å². The summed E-state index contributed by atoms with van der Waals surface area (Å²) in [5.74, 6) is 0.675. The second-order valence-corrected chi connectivity index (χ2v) is 10.0. The number of nitrogens with zero attached hydrogens (tertiary/aromatic N) is 1. The number of hydrogen-bond donors (Lipinski definition) is 1. The summed E-state index contributed by atoms with van der Waals surface area (Å²) in [5, 5.41) is 6.26. The molecule has 1 heterocycles. The van der Waals surface area contributed by atoms with Gasteiger partial charge in [0.2, 0.25) is 0 Å². The molecule has 1 amide bonds. The predicted octanol–water partition coefficient (Wildman–Crippen LogP) is 7.93. The molecule has 1 aromatic heterocycles. The molecule has 6 heteroatoms. The second-order valence-electron chi connectivity index (χ2n) is 7.68. The van der Waals surface area contributed by atoms with Crippen molar-refractivity contribution in [1.82, 2.24) is 4.98 Å². The van der Waals surface area contributed by atoms with Crippen LogP contribution in [-0.2, 0) is 5.75 Å². The van der Waals surface area contributed by atoms with Crippen LogP contribution in [0.5, 0.6) is 0 Å². The van der Waals surface area contributed by atoms with E-state index in [0.717, 1.165) is 32.5 Å². The smallest absolute Gasteiger partial charge is 0.257 e. The summed E-state index contributed by atoms with van der Waals surface area (Å²) in [6.45, 7) is 6.30. The number of aromatic nitrogens is 1. The molecule has 1 N–H and O–H groups in total. The van der Waals surface area contributed by atoms with E-state index in [9.17, 15) is 4.79 Å². The van der Waals surface area contributed by atoms with Crippen molar-refractivity contribution in [3.05, 3.63) is 98.9 Å². The maximum atomic E-state index is 12.7. The van der Waals surface area contributed by atoms with Gasteiger partial charge in [0.25, 0.3) is 5.91 Å². The van der Waals surface area contributed by atoms with Gasteiger partial charge in [0, 0.05) is 32.2 Å². The number of thioether (sulfide) groups is 1. The normalized spacial score (nSPS) is 10.9. The largest absolute Gasteiger partial charge is 0.298 e. The molecule has 3 nitrogen and oxygen atoms in total. The number of aryl methyl sites for hydroxylation is 3. The van der Waals surface area contributed by atoms with Crippen molar-refractivity contribution in [3.8, 4) is 11.3 Å². The molecule has 0 aliphatic rings. The SMILES string of the molecule is Cc1cc(C)c(-c2csc(NC(=O)c3ccc(CSc4ccc(Cl)cc4)cc3)n2)cc1C. The molecule has 0 radical (unpaired) electrons. The first-order chi connectivity index (χ1) is 15.4. The lowest BCUT2D eigenvalue weighted by molar-refractivity contribution is 0.102. The fraction of sp³-hybridized carbons (Fsp3) is 0.154. The van der Waals surface area contributed by atoms with E-state index in [1.54, 1.807) is 11.8 Å². The Labute approximate surface area is 201 Å². The fourth-order valence-electron chi connectivity index (χ4n) is 3.31. The van der Waals surface area contributed by atoms with Gasteiger partial charge < -0.3 is 0 Å². The van der Waals surface area contributed by atoms with Crippen molar-refractivity contribution in [2.24, 2.45) is 0 Å². The van der Waals surface area contributed by atoms with Crippen molar-refractivity contribution >= 4 is 45.7 Å². The van der Waals surface area contributed by atoms with Crippen LogP contribution in [0.2, 0.25) is 5.02 Å². The average Bonchev–Trinajstić information content (AvgIpc) is 3.24. The highest BCUT2D eigenvalue weighted by Crippen LogP contribution is 2.30. The second kappa shape index (κ2) is 9.90. The minimum absolute atomic E-state index is 0.153. The Morgan fingerprint density at radius 2 is 1.66 bits per heavy atom. The molecule has 32 heavy (non-hydrogen) atoms. The number of carbonyl (C=O) groups is 1. The van der Waals surface area contributed by atoms with E-state index in [1.165, 1.54) is 28.0 Å². The fourth-order valence-corrected chi connectivity index (χ4v) is 5.00. The van der Waals surface area contributed by atoms with Gasteiger partial charge in [-0.25, -0.2) is 4.98 Å². The molecule has 0 fully saturated rings. The Hall–Kier alpha value is -2.60. The van der Waals surface area contributed by atoms with Gasteiger partial charge in [-0.2, -0.15) is 0 Å². The Bertz CT molecular complexity index is 1250. The van der Waals surface area contributed by atoms with Crippen molar-refractivity contribution < 1.29 is 4.79 Å². The molecule has 162 valence electrons. The molecule has 0 spiro atoms. The molecule has 0 saturated carbocycles. The first kappa shape index (κ1) is 22.6. The topological polar surface area (TPSA) is 42.0 Å². The molecule has 0 atom stereocenters. The zero-order valence-electron chi connectivity index (χ0n) is 18.1. The first-order valence-corrected chi connectivity index (χ1v) is 12.5. The quantitative estimate of drug-likeness (QED) is 0.286. The number of carbonyl (C=O) groups excluding carboxylic acids is 1. The van der Waals surface area contributed by atoms with Gasteiger partial charge >= 0.3 is 0 Å². The monoisotopic (exact) mass is 478 g/mol. The number of nitrogens with one attached hydrogen (secondary N) is 1. The zero-order valence-corrected chi connectivity index (χ0v) is 20.5. The van der Waals surface area contributed by atoms with Gasteiger partial charge in [-0.3, -0.25) is 10.1 Å². The Kier molecular flexibility index (Phi) is 6.99. The van der Waals surface area contributed by atoms with Crippen LogP contribution in [0.25, 0.3) is 11.3 Å². The van der Waals surface area contributed by atoms with Gasteiger partial charge in [-0.1, -0.05) is 29.8 Å². The van der Waals surface area contributed by atoms with Crippen LogP contribution in [0.15, 0.2) is 70.9 Å². The summed E-state index contributed by atoms with van der Waals surface area (Å²) in [4.78, 5) is 18.5. The van der Waals surface area contributed by atoms with Crippen LogP contribution >= 0.6 is 34.7 Å². The number of thiazole rings is 1. The molecular weight excluding hydrogens is 456 g/mol. The van der Waals surface area contributed by atoms with Crippen LogP contribution in [0.1, 0.15) is 32.6 Å². The molecule has 4 rings (SSSR count). The standard InChI is InChI=1S/C26H23ClN2OS2/c1-16-12-18(3)23(13-17(16)2)24-15-32-26(28-24)29-25(30)20-6-4-19(5-7-20)14-31-22-10-8-21(27)9-11-22/h4-13,15H,14H2,1-3H3,(H,28,29,30). The van der Waals surface area contributed by atoms with Gasteiger partial charge in [-0.05, 0) is 85.5 Å².